The van der Waals surface area contributed by atoms with Crippen LogP contribution < -0.4 is 5.73 Å². The van der Waals surface area contributed by atoms with Crippen molar-refractivity contribution in [2.45, 2.75) is 19.4 Å². The van der Waals surface area contributed by atoms with E-state index in [0.717, 1.165) is 21.6 Å². The lowest BCUT2D eigenvalue weighted by Gasteiger charge is -2.33. The molecule has 0 aliphatic carbocycles. The fourth-order valence-corrected chi connectivity index (χ4v) is 3.47. The number of nitriles is 1. The molecule has 5 nitrogen and oxygen atoms in total. The van der Waals surface area contributed by atoms with E-state index in [4.69, 9.17) is 10.6 Å². The molecule has 6 heteroatoms. The van der Waals surface area contributed by atoms with Gasteiger partial charge in [-0.3, -0.25) is 4.84 Å². The van der Waals surface area contributed by atoms with Crippen LogP contribution in [0.4, 0.5) is 0 Å². The second-order valence-electron chi connectivity index (χ2n) is 5.86. The normalized spacial score (nSPS) is 21.0. The van der Waals surface area contributed by atoms with E-state index in [1.807, 2.05) is 32.0 Å². The molecule has 2 heterocycles. The largest absolute Gasteiger partial charge is 0.368 e. The molecule has 0 fully saturated rings. The molecule has 0 bridgehead atoms. The quantitative estimate of drug-likeness (QED) is 0.920. The van der Waals surface area contributed by atoms with Crippen LogP contribution in [0.5, 0.6) is 0 Å². The number of aliphatic imine (C=N–C) groups is 1. The van der Waals surface area contributed by atoms with Gasteiger partial charge in [-0.2, -0.15) is 5.26 Å². The maximum Gasteiger partial charge on any atom is 0.216 e. The van der Waals surface area contributed by atoms with Gasteiger partial charge in [-0.25, -0.2) is 10.1 Å². The molecular formula is C17H18N4OS. The van der Waals surface area contributed by atoms with Crippen LogP contribution in [0.25, 0.3) is 11.1 Å². The van der Waals surface area contributed by atoms with Gasteiger partial charge in [0, 0.05) is 11.9 Å². The zero-order valence-corrected chi connectivity index (χ0v) is 14.1. The zero-order valence-electron chi connectivity index (χ0n) is 13.3. The van der Waals surface area contributed by atoms with E-state index in [-0.39, 0.29) is 0 Å². The smallest absolute Gasteiger partial charge is 0.216 e. The minimum absolute atomic E-state index is 0.371. The highest BCUT2D eigenvalue weighted by Crippen LogP contribution is 2.37. The zero-order chi connectivity index (χ0) is 16.6. The summed E-state index contributed by atoms with van der Waals surface area (Å²) in [5, 5.41) is 12.8. The Morgan fingerprint density at radius 1 is 1.39 bits per heavy atom. The molecular weight excluding hydrogens is 308 g/mol. The van der Waals surface area contributed by atoms with Gasteiger partial charge in [0.25, 0.3) is 0 Å². The molecule has 23 heavy (non-hydrogen) atoms. The molecule has 0 spiro atoms. The van der Waals surface area contributed by atoms with Crippen molar-refractivity contribution in [2.75, 3.05) is 13.7 Å². The molecule has 3 rings (SSSR count). The van der Waals surface area contributed by atoms with Gasteiger partial charge in [0.1, 0.15) is 12.1 Å². The van der Waals surface area contributed by atoms with Crippen molar-refractivity contribution in [2.24, 2.45) is 10.7 Å². The maximum atomic E-state index is 9.19. The number of hydroxylamine groups is 2. The summed E-state index contributed by atoms with van der Waals surface area (Å²) in [5.74, 6) is 0.371. The summed E-state index contributed by atoms with van der Waals surface area (Å²) in [6, 6.07) is 10.3. The van der Waals surface area contributed by atoms with Crippen LogP contribution >= 0.6 is 11.3 Å². The van der Waals surface area contributed by atoms with Crippen molar-refractivity contribution >= 4 is 17.3 Å². The molecule has 1 aromatic heterocycles. The number of rotatable bonds is 2. The van der Waals surface area contributed by atoms with E-state index in [0.29, 0.717) is 18.1 Å². The van der Waals surface area contributed by atoms with Crippen LogP contribution in [0.1, 0.15) is 22.9 Å². The molecule has 0 saturated carbocycles. The first-order valence-corrected chi connectivity index (χ1v) is 8.13. The van der Waals surface area contributed by atoms with Crippen molar-refractivity contribution in [1.29, 1.82) is 5.26 Å². The van der Waals surface area contributed by atoms with Gasteiger partial charge in [0.2, 0.25) is 5.96 Å². The van der Waals surface area contributed by atoms with E-state index in [9.17, 15) is 5.26 Å². The fraction of sp³-hybridized carbons (Fsp3) is 0.294. The fourth-order valence-electron chi connectivity index (χ4n) is 2.46. The predicted octanol–water partition coefficient (Wildman–Crippen LogP) is 3.00. The molecule has 1 aliphatic rings. The highest BCUT2D eigenvalue weighted by Gasteiger charge is 2.33. The summed E-state index contributed by atoms with van der Waals surface area (Å²) in [6.45, 7) is 4.40. The number of nitrogens with two attached hydrogens (primary N) is 1. The minimum Gasteiger partial charge on any atom is -0.368 e. The Hall–Kier alpha value is -2.36. The van der Waals surface area contributed by atoms with E-state index >= 15 is 0 Å². The van der Waals surface area contributed by atoms with E-state index < -0.39 is 5.54 Å². The molecule has 1 aromatic carbocycles. The summed E-state index contributed by atoms with van der Waals surface area (Å²) >= 11 is 1.63. The highest BCUT2D eigenvalue weighted by atomic mass is 32.1. The Morgan fingerprint density at radius 3 is 2.87 bits per heavy atom. The van der Waals surface area contributed by atoms with E-state index in [2.05, 4.69) is 22.5 Å². The van der Waals surface area contributed by atoms with Crippen LogP contribution in [0.2, 0.25) is 0 Å². The molecule has 2 N–H and O–H groups in total. The Morgan fingerprint density at radius 2 is 2.17 bits per heavy atom. The van der Waals surface area contributed by atoms with Gasteiger partial charge >= 0.3 is 0 Å². The topological polar surface area (TPSA) is 74.6 Å². The molecule has 0 radical (unpaired) electrons. The second-order valence-corrected chi connectivity index (χ2v) is 6.77. The first kappa shape index (κ1) is 15.5. The second kappa shape index (κ2) is 5.69. The third kappa shape index (κ3) is 2.81. The Kier molecular flexibility index (Phi) is 3.84. The average Bonchev–Trinajstić information content (AvgIpc) is 3.03. The van der Waals surface area contributed by atoms with Crippen LogP contribution in [0, 0.1) is 18.3 Å². The average molecular weight is 326 g/mol. The van der Waals surface area contributed by atoms with Gasteiger partial charge < -0.3 is 5.73 Å². The lowest BCUT2D eigenvalue weighted by Crippen LogP contribution is -2.45. The number of nitrogens with zero attached hydrogens (tertiary/aromatic N) is 3. The predicted molar refractivity (Wildman–Crippen MR) is 91.9 cm³/mol. The number of thiophene rings is 1. The summed E-state index contributed by atoms with van der Waals surface area (Å²) in [5.41, 5.74) is 9.20. The standard InChI is InChI=1S/C17H18N4OS/c1-11-4-5-12(6-13(11)8-18)14-7-15(23-9-14)17(2)10-22-21(3)16(19)20-17/h4-7,9H,10H2,1-3H3,(H2,19,20). The SMILES string of the molecule is Cc1ccc(-c2csc(C3(C)CON(C)C(N)=N3)c2)cc1C#N. The summed E-state index contributed by atoms with van der Waals surface area (Å²) < 4.78 is 0. The summed E-state index contributed by atoms with van der Waals surface area (Å²) in [4.78, 5) is 11.2. The molecule has 0 saturated heterocycles. The highest BCUT2D eigenvalue weighted by molar-refractivity contribution is 7.10. The number of aryl methyl sites for hydroxylation is 1. The first-order valence-electron chi connectivity index (χ1n) is 7.25. The van der Waals surface area contributed by atoms with Crippen LogP contribution in [-0.4, -0.2) is 24.7 Å². The number of guanidine groups is 1. The Balaban J connectivity index is 1.97. The molecule has 2 aromatic rings. The lowest BCUT2D eigenvalue weighted by atomic mass is 9.98. The molecule has 1 atom stereocenters. The third-order valence-electron chi connectivity index (χ3n) is 4.04. The molecule has 1 aliphatic heterocycles. The van der Waals surface area contributed by atoms with Gasteiger partial charge in [-0.1, -0.05) is 12.1 Å². The third-order valence-corrected chi connectivity index (χ3v) is 5.23. The number of hydrogen-bond acceptors (Lipinski definition) is 6. The molecule has 0 amide bonds. The monoisotopic (exact) mass is 326 g/mol. The van der Waals surface area contributed by atoms with Crippen molar-refractivity contribution < 1.29 is 4.84 Å². The van der Waals surface area contributed by atoms with Crippen LogP contribution in [0.15, 0.2) is 34.6 Å². The first-order chi connectivity index (χ1) is 10.9. The van der Waals surface area contributed by atoms with E-state index in [1.54, 1.807) is 18.4 Å². The van der Waals surface area contributed by atoms with Gasteiger partial charge in [-0.15, -0.1) is 11.3 Å². The number of benzene rings is 1. The van der Waals surface area contributed by atoms with Crippen LogP contribution in [0.3, 0.4) is 0 Å². The summed E-state index contributed by atoms with van der Waals surface area (Å²) in [7, 11) is 1.74. The maximum absolute atomic E-state index is 9.19. The van der Waals surface area contributed by atoms with Gasteiger partial charge in [0.15, 0.2) is 0 Å². The van der Waals surface area contributed by atoms with Gasteiger partial charge in [-0.05, 0) is 48.1 Å². The van der Waals surface area contributed by atoms with Crippen molar-refractivity contribution in [3.63, 3.8) is 0 Å². The Labute approximate surface area is 139 Å². The van der Waals surface area contributed by atoms with Crippen molar-refractivity contribution in [3.05, 3.63) is 45.6 Å². The minimum atomic E-state index is -0.484. The van der Waals surface area contributed by atoms with E-state index in [1.165, 1.54) is 5.06 Å². The number of hydrogen-bond donors (Lipinski definition) is 1. The van der Waals surface area contributed by atoms with Crippen LogP contribution in [-0.2, 0) is 10.4 Å². The molecule has 118 valence electrons. The molecule has 1 unspecified atom stereocenters. The lowest BCUT2D eigenvalue weighted by molar-refractivity contribution is -0.112. The van der Waals surface area contributed by atoms with Crippen molar-refractivity contribution in [3.8, 4) is 17.2 Å². The van der Waals surface area contributed by atoms with Crippen molar-refractivity contribution in [1.82, 2.24) is 5.06 Å². The van der Waals surface area contributed by atoms with Gasteiger partial charge in [0.05, 0.1) is 11.6 Å². The summed E-state index contributed by atoms with van der Waals surface area (Å²) in [6.07, 6.45) is 0. The Bertz CT molecular complexity index is 820.